The van der Waals surface area contributed by atoms with E-state index in [1.807, 2.05) is 0 Å². The van der Waals surface area contributed by atoms with Crippen molar-refractivity contribution >= 4 is 43.3 Å². The van der Waals surface area contributed by atoms with E-state index in [2.05, 4.69) is 21.2 Å². The van der Waals surface area contributed by atoms with Crippen LogP contribution in [0.3, 0.4) is 0 Å². The molecule has 110 valence electrons. The zero-order valence-electron chi connectivity index (χ0n) is 10.7. The Labute approximate surface area is 125 Å². The minimum absolute atomic E-state index is 0.145. The van der Waals surface area contributed by atoms with Crippen molar-refractivity contribution in [3.05, 3.63) is 23.8 Å². The van der Waals surface area contributed by atoms with Crippen LogP contribution in [0.4, 0.5) is 5.69 Å². The number of aromatic carboxylic acids is 1. The van der Waals surface area contributed by atoms with Gasteiger partial charge >= 0.3 is 5.97 Å². The molecule has 0 saturated heterocycles. The van der Waals surface area contributed by atoms with Gasteiger partial charge in [-0.3, -0.25) is 4.79 Å². The lowest BCUT2D eigenvalue weighted by Crippen LogP contribution is -2.13. The van der Waals surface area contributed by atoms with Crippen molar-refractivity contribution in [3.63, 3.8) is 0 Å². The van der Waals surface area contributed by atoms with Gasteiger partial charge < -0.3 is 10.4 Å². The van der Waals surface area contributed by atoms with Gasteiger partial charge in [-0.1, -0.05) is 15.9 Å². The third-order valence-electron chi connectivity index (χ3n) is 2.40. The molecular formula is C12H14BrNO5S. The highest BCUT2D eigenvalue weighted by molar-refractivity contribution is 9.09. The predicted molar refractivity (Wildman–Crippen MR) is 78.2 cm³/mol. The van der Waals surface area contributed by atoms with Crippen LogP contribution in [0.15, 0.2) is 23.1 Å². The van der Waals surface area contributed by atoms with Crippen LogP contribution in [0.25, 0.3) is 0 Å². The SMILES string of the molecule is CS(=O)(=O)c1cc(NC(=O)CCCBr)cc(C(=O)O)c1. The van der Waals surface area contributed by atoms with E-state index >= 15 is 0 Å². The summed E-state index contributed by atoms with van der Waals surface area (Å²) >= 11 is 3.19. The molecule has 0 fully saturated rings. The summed E-state index contributed by atoms with van der Waals surface area (Å²) in [5.74, 6) is -1.56. The van der Waals surface area contributed by atoms with Gasteiger partial charge in [-0.05, 0) is 24.6 Å². The standard InChI is InChI=1S/C12H14BrNO5S/c1-20(18,19)10-6-8(12(16)17)5-9(7-10)14-11(15)3-2-4-13/h5-7H,2-4H2,1H3,(H,14,15)(H,16,17). The Morgan fingerprint density at radius 3 is 2.45 bits per heavy atom. The van der Waals surface area contributed by atoms with Gasteiger partial charge in [-0.25, -0.2) is 13.2 Å². The third-order valence-corrected chi connectivity index (χ3v) is 4.06. The molecule has 1 aromatic rings. The van der Waals surface area contributed by atoms with Crippen molar-refractivity contribution in [2.75, 3.05) is 16.9 Å². The minimum atomic E-state index is -3.56. The number of carbonyl (C=O) groups excluding carboxylic acids is 1. The van der Waals surface area contributed by atoms with Crippen LogP contribution in [-0.2, 0) is 14.6 Å². The van der Waals surface area contributed by atoms with Crippen LogP contribution in [0, 0.1) is 0 Å². The second kappa shape index (κ2) is 6.85. The second-order valence-electron chi connectivity index (χ2n) is 4.16. The molecule has 0 atom stereocenters. The fourth-order valence-corrected chi connectivity index (χ4v) is 2.42. The number of rotatable bonds is 6. The summed E-state index contributed by atoms with van der Waals surface area (Å²) in [7, 11) is -3.56. The number of amides is 1. The number of carboxylic acids is 1. The van der Waals surface area contributed by atoms with Gasteiger partial charge in [0.05, 0.1) is 10.5 Å². The second-order valence-corrected chi connectivity index (χ2v) is 6.97. The van der Waals surface area contributed by atoms with E-state index in [0.29, 0.717) is 11.8 Å². The van der Waals surface area contributed by atoms with Gasteiger partial charge in [-0.2, -0.15) is 0 Å². The average molecular weight is 364 g/mol. The lowest BCUT2D eigenvalue weighted by atomic mass is 10.2. The summed E-state index contributed by atoms with van der Waals surface area (Å²) in [6.45, 7) is 0. The Kier molecular flexibility index (Phi) is 5.70. The molecule has 8 heteroatoms. The first kappa shape index (κ1) is 16.6. The number of anilines is 1. The lowest BCUT2D eigenvalue weighted by Gasteiger charge is -2.08. The molecule has 0 aliphatic rings. The highest BCUT2D eigenvalue weighted by Gasteiger charge is 2.14. The number of alkyl halides is 1. The lowest BCUT2D eigenvalue weighted by molar-refractivity contribution is -0.116. The van der Waals surface area contributed by atoms with E-state index in [4.69, 9.17) is 5.11 Å². The van der Waals surface area contributed by atoms with Gasteiger partial charge in [-0.15, -0.1) is 0 Å². The normalized spacial score (nSPS) is 11.1. The molecular weight excluding hydrogens is 350 g/mol. The largest absolute Gasteiger partial charge is 0.478 e. The van der Waals surface area contributed by atoms with Crippen LogP contribution < -0.4 is 5.32 Å². The highest BCUT2D eigenvalue weighted by atomic mass is 79.9. The number of carbonyl (C=O) groups is 2. The zero-order valence-corrected chi connectivity index (χ0v) is 13.1. The fourth-order valence-electron chi connectivity index (χ4n) is 1.46. The number of halogens is 1. The number of hydrogen-bond donors (Lipinski definition) is 2. The van der Waals surface area contributed by atoms with E-state index in [1.54, 1.807) is 0 Å². The van der Waals surface area contributed by atoms with Gasteiger partial charge in [0, 0.05) is 23.7 Å². The predicted octanol–water partition coefficient (Wildman–Crippen LogP) is 1.90. The van der Waals surface area contributed by atoms with Crippen molar-refractivity contribution in [2.45, 2.75) is 17.7 Å². The molecule has 0 saturated carbocycles. The molecule has 1 rings (SSSR count). The molecule has 1 amide bonds. The van der Waals surface area contributed by atoms with E-state index in [0.717, 1.165) is 12.3 Å². The number of hydrogen-bond acceptors (Lipinski definition) is 4. The van der Waals surface area contributed by atoms with Gasteiger partial charge in [0.25, 0.3) is 0 Å². The number of carboxylic acid groups (broad SMARTS) is 1. The van der Waals surface area contributed by atoms with Crippen molar-refractivity contribution in [2.24, 2.45) is 0 Å². The van der Waals surface area contributed by atoms with Gasteiger partial charge in [0.15, 0.2) is 9.84 Å². The molecule has 0 heterocycles. The van der Waals surface area contributed by atoms with Crippen LogP contribution >= 0.6 is 15.9 Å². The first-order valence-corrected chi connectivity index (χ1v) is 8.69. The number of nitrogens with one attached hydrogen (secondary N) is 1. The smallest absolute Gasteiger partial charge is 0.335 e. The van der Waals surface area contributed by atoms with E-state index < -0.39 is 15.8 Å². The van der Waals surface area contributed by atoms with Gasteiger partial charge in [0.2, 0.25) is 5.91 Å². The Morgan fingerprint density at radius 2 is 1.95 bits per heavy atom. The van der Waals surface area contributed by atoms with Gasteiger partial charge in [0.1, 0.15) is 0 Å². The van der Waals surface area contributed by atoms with Crippen molar-refractivity contribution < 1.29 is 23.1 Å². The Hall–Kier alpha value is -1.41. The zero-order chi connectivity index (χ0) is 15.3. The third kappa shape index (κ3) is 4.93. The maximum Gasteiger partial charge on any atom is 0.335 e. The van der Waals surface area contributed by atoms with Crippen molar-refractivity contribution in [1.29, 1.82) is 0 Å². The molecule has 0 bridgehead atoms. The summed E-state index contributed by atoms with van der Waals surface area (Å²) in [5.41, 5.74) is -0.0337. The van der Waals surface area contributed by atoms with Crippen LogP contribution in [-0.4, -0.2) is 37.0 Å². The molecule has 0 radical (unpaired) electrons. The maximum absolute atomic E-state index is 11.6. The van der Waals surface area contributed by atoms with Crippen molar-refractivity contribution in [3.8, 4) is 0 Å². The summed E-state index contributed by atoms with van der Waals surface area (Å²) < 4.78 is 23.0. The number of sulfone groups is 1. The summed E-state index contributed by atoms with van der Waals surface area (Å²) in [6.07, 6.45) is 1.87. The van der Waals surface area contributed by atoms with E-state index in [1.165, 1.54) is 12.1 Å². The fraction of sp³-hybridized carbons (Fsp3) is 0.333. The maximum atomic E-state index is 11.6. The quantitative estimate of drug-likeness (QED) is 0.751. The first-order valence-electron chi connectivity index (χ1n) is 5.68. The molecule has 1 aromatic carbocycles. The molecule has 2 N–H and O–H groups in total. The minimum Gasteiger partial charge on any atom is -0.478 e. The first-order chi connectivity index (χ1) is 9.24. The summed E-state index contributed by atoms with van der Waals surface area (Å²) in [5, 5.41) is 12.1. The molecule has 0 spiro atoms. The molecule has 0 unspecified atom stereocenters. The molecule has 0 aromatic heterocycles. The highest BCUT2D eigenvalue weighted by Crippen LogP contribution is 2.19. The molecule has 0 aliphatic heterocycles. The number of benzene rings is 1. The monoisotopic (exact) mass is 363 g/mol. The van der Waals surface area contributed by atoms with Crippen LogP contribution in [0.1, 0.15) is 23.2 Å². The van der Waals surface area contributed by atoms with E-state index in [-0.39, 0.29) is 28.5 Å². The molecule has 0 aliphatic carbocycles. The van der Waals surface area contributed by atoms with Crippen LogP contribution in [0.2, 0.25) is 0 Å². The Bertz CT molecular complexity index is 627. The van der Waals surface area contributed by atoms with Crippen LogP contribution in [0.5, 0.6) is 0 Å². The van der Waals surface area contributed by atoms with E-state index in [9.17, 15) is 18.0 Å². The summed E-state index contributed by atoms with van der Waals surface area (Å²) in [6, 6.07) is 3.53. The molecule has 20 heavy (non-hydrogen) atoms. The average Bonchev–Trinajstić information content (AvgIpc) is 2.34. The Balaban J connectivity index is 3.10. The topological polar surface area (TPSA) is 101 Å². The van der Waals surface area contributed by atoms with Crippen molar-refractivity contribution in [1.82, 2.24) is 0 Å². The summed E-state index contributed by atoms with van der Waals surface area (Å²) in [4.78, 5) is 22.4. The Morgan fingerprint density at radius 1 is 1.30 bits per heavy atom. The molecule has 6 nitrogen and oxygen atoms in total.